The Morgan fingerprint density at radius 2 is 1.90 bits per heavy atom. The molecule has 0 bridgehead atoms. The van der Waals surface area contributed by atoms with E-state index in [2.05, 4.69) is 10.4 Å². The van der Waals surface area contributed by atoms with Crippen molar-refractivity contribution in [3.05, 3.63) is 41.6 Å². The van der Waals surface area contributed by atoms with Crippen molar-refractivity contribution in [2.24, 2.45) is 7.05 Å². The zero-order valence-corrected chi connectivity index (χ0v) is 12.9. The molecule has 0 atom stereocenters. The fourth-order valence-corrected chi connectivity index (χ4v) is 2.78. The van der Waals surface area contributed by atoms with Gasteiger partial charge in [0.2, 0.25) is 0 Å². The summed E-state index contributed by atoms with van der Waals surface area (Å²) in [7, 11) is -1.51. The lowest BCUT2D eigenvalue weighted by atomic mass is 10.2. The first-order valence-electron chi connectivity index (χ1n) is 6.48. The predicted molar refractivity (Wildman–Crippen MR) is 80.1 cm³/mol. The molecule has 6 nitrogen and oxygen atoms in total. The van der Waals surface area contributed by atoms with Crippen molar-refractivity contribution in [2.75, 3.05) is 11.1 Å². The Morgan fingerprint density at radius 3 is 2.38 bits per heavy atom. The van der Waals surface area contributed by atoms with Crippen LogP contribution in [0.5, 0.6) is 0 Å². The minimum atomic E-state index is -3.25. The Bertz CT molecular complexity index is 761. The van der Waals surface area contributed by atoms with Crippen LogP contribution in [0.1, 0.15) is 23.0 Å². The average Bonchev–Trinajstić information content (AvgIpc) is 2.77. The van der Waals surface area contributed by atoms with E-state index in [1.54, 1.807) is 24.7 Å². The van der Waals surface area contributed by atoms with Crippen molar-refractivity contribution < 1.29 is 13.2 Å². The van der Waals surface area contributed by atoms with Gasteiger partial charge >= 0.3 is 0 Å². The number of aromatic nitrogens is 2. The molecule has 0 unspecified atom stereocenters. The highest BCUT2D eigenvalue weighted by Gasteiger charge is 2.13. The quantitative estimate of drug-likeness (QED) is 0.933. The molecule has 0 saturated heterocycles. The number of benzene rings is 1. The number of nitrogens with one attached hydrogen (secondary N) is 1. The maximum Gasteiger partial charge on any atom is 0.256 e. The highest BCUT2D eigenvalue weighted by molar-refractivity contribution is 7.91. The van der Waals surface area contributed by atoms with Gasteiger partial charge in [0.1, 0.15) is 5.82 Å². The van der Waals surface area contributed by atoms with Gasteiger partial charge in [-0.15, -0.1) is 0 Å². The Kier molecular flexibility index (Phi) is 4.13. The smallest absolute Gasteiger partial charge is 0.256 e. The van der Waals surface area contributed by atoms with Gasteiger partial charge in [-0.1, -0.05) is 6.92 Å². The molecule has 112 valence electrons. The van der Waals surface area contributed by atoms with Crippen molar-refractivity contribution in [3.8, 4) is 0 Å². The normalized spacial score (nSPS) is 11.4. The van der Waals surface area contributed by atoms with Gasteiger partial charge in [-0.25, -0.2) is 8.42 Å². The van der Waals surface area contributed by atoms with Gasteiger partial charge in [0, 0.05) is 18.7 Å². The lowest BCUT2D eigenvalue weighted by Crippen LogP contribution is -2.14. The molecule has 0 aliphatic rings. The lowest BCUT2D eigenvalue weighted by molar-refractivity contribution is 0.102. The summed E-state index contributed by atoms with van der Waals surface area (Å²) in [6, 6.07) is 7.65. The average molecular weight is 307 g/mol. The van der Waals surface area contributed by atoms with E-state index in [-0.39, 0.29) is 16.6 Å². The summed E-state index contributed by atoms with van der Waals surface area (Å²) in [5, 5.41) is 6.87. The summed E-state index contributed by atoms with van der Waals surface area (Å²) >= 11 is 0. The zero-order valence-electron chi connectivity index (χ0n) is 12.1. The topological polar surface area (TPSA) is 81.1 Å². The molecule has 7 heteroatoms. The van der Waals surface area contributed by atoms with Crippen LogP contribution in [0.2, 0.25) is 0 Å². The maximum absolute atomic E-state index is 12.1. The van der Waals surface area contributed by atoms with Crippen LogP contribution in [0.3, 0.4) is 0 Å². The van der Waals surface area contributed by atoms with Gasteiger partial charge in [0.05, 0.1) is 16.3 Å². The molecule has 1 aromatic heterocycles. The molecular weight excluding hydrogens is 290 g/mol. The first kappa shape index (κ1) is 15.2. The number of anilines is 1. The monoisotopic (exact) mass is 307 g/mol. The summed E-state index contributed by atoms with van der Waals surface area (Å²) < 4.78 is 25.0. The second-order valence-electron chi connectivity index (χ2n) is 4.68. The molecule has 0 fully saturated rings. The van der Waals surface area contributed by atoms with E-state index in [0.29, 0.717) is 11.4 Å². The summed E-state index contributed by atoms with van der Waals surface area (Å²) in [6.07, 6.45) is 0. The van der Waals surface area contributed by atoms with Crippen molar-refractivity contribution in [2.45, 2.75) is 18.7 Å². The second kappa shape index (κ2) is 5.69. The van der Waals surface area contributed by atoms with Gasteiger partial charge in [-0.05, 0) is 31.2 Å². The van der Waals surface area contributed by atoms with Crippen LogP contribution in [0.15, 0.2) is 35.2 Å². The van der Waals surface area contributed by atoms with E-state index in [4.69, 9.17) is 0 Å². The SMILES string of the molecule is CCS(=O)(=O)c1ccc(C(=O)Nc2cc(C)nn2C)cc1. The zero-order chi connectivity index (χ0) is 15.6. The molecule has 0 saturated carbocycles. The third-order valence-electron chi connectivity index (χ3n) is 3.10. The largest absolute Gasteiger partial charge is 0.307 e. The molecule has 0 radical (unpaired) electrons. The highest BCUT2D eigenvalue weighted by Crippen LogP contribution is 2.14. The number of hydrogen-bond acceptors (Lipinski definition) is 4. The number of nitrogens with zero attached hydrogens (tertiary/aromatic N) is 2. The number of carbonyl (C=O) groups excluding carboxylic acids is 1. The van der Waals surface area contributed by atoms with Crippen LogP contribution < -0.4 is 5.32 Å². The van der Waals surface area contributed by atoms with Gasteiger partial charge in [-0.2, -0.15) is 5.10 Å². The van der Waals surface area contributed by atoms with E-state index >= 15 is 0 Å². The Hall–Kier alpha value is -2.15. The first-order valence-corrected chi connectivity index (χ1v) is 8.13. The Labute approximate surface area is 123 Å². The molecule has 0 spiro atoms. The standard InChI is InChI=1S/C14H17N3O3S/c1-4-21(19,20)12-7-5-11(6-8-12)14(18)15-13-9-10(2)16-17(13)3/h5-9H,4H2,1-3H3,(H,15,18). The molecule has 2 aromatic rings. The van der Waals surface area contributed by atoms with Crippen molar-refractivity contribution >= 4 is 21.6 Å². The van der Waals surface area contributed by atoms with Crippen molar-refractivity contribution in [1.82, 2.24) is 9.78 Å². The summed E-state index contributed by atoms with van der Waals surface area (Å²) in [5.74, 6) is 0.313. The van der Waals surface area contributed by atoms with Crippen LogP contribution >= 0.6 is 0 Å². The van der Waals surface area contributed by atoms with Gasteiger partial charge < -0.3 is 5.32 Å². The molecule has 21 heavy (non-hydrogen) atoms. The first-order chi connectivity index (χ1) is 9.83. The van der Waals surface area contributed by atoms with Gasteiger partial charge in [0.15, 0.2) is 9.84 Å². The van der Waals surface area contributed by atoms with E-state index < -0.39 is 9.84 Å². The van der Waals surface area contributed by atoms with Gasteiger partial charge in [0.25, 0.3) is 5.91 Å². The number of rotatable bonds is 4. The molecular formula is C14H17N3O3S. The van der Waals surface area contributed by atoms with Crippen LogP contribution in [0.25, 0.3) is 0 Å². The molecule has 1 aromatic carbocycles. The third kappa shape index (κ3) is 3.30. The summed E-state index contributed by atoms with van der Waals surface area (Å²) in [5.41, 5.74) is 1.20. The second-order valence-corrected chi connectivity index (χ2v) is 6.95. The fraction of sp³-hybridized carbons (Fsp3) is 0.286. The minimum Gasteiger partial charge on any atom is -0.307 e. The molecule has 0 aliphatic heterocycles. The molecule has 0 aliphatic carbocycles. The fourth-order valence-electron chi connectivity index (χ4n) is 1.90. The van der Waals surface area contributed by atoms with Crippen LogP contribution in [-0.2, 0) is 16.9 Å². The van der Waals surface area contributed by atoms with E-state index in [0.717, 1.165) is 5.69 Å². The molecule has 1 amide bonds. The molecule has 2 rings (SSSR count). The highest BCUT2D eigenvalue weighted by atomic mass is 32.2. The van der Waals surface area contributed by atoms with Crippen LogP contribution in [-0.4, -0.2) is 29.9 Å². The molecule has 1 heterocycles. The number of carbonyl (C=O) groups is 1. The van der Waals surface area contributed by atoms with E-state index in [1.807, 2.05) is 6.92 Å². The third-order valence-corrected chi connectivity index (χ3v) is 4.85. The maximum atomic E-state index is 12.1. The van der Waals surface area contributed by atoms with Crippen molar-refractivity contribution in [1.29, 1.82) is 0 Å². The summed E-state index contributed by atoms with van der Waals surface area (Å²) in [4.78, 5) is 12.3. The number of aryl methyl sites for hydroxylation is 2. The Morgan fingerprint density at radius 1 is 1.29 bits per heavy atom. The summed E-state index contributed by atoms with van der Waals surface area (Å²) in [6.45, 7) is 3.42. The molecule has 1 N–H and O–H groups in total. The minimum absolute atomic E-state index is 0.0346. The number of hydrogen-bond donors (Lipinski definition) is 1. The van der Waals surface area contributed by atoms with Crippen LogP contribution in [0, 0.1) is 6.92 Å². The number of sulfone groups is 1. The Balaban J connectivity index is 2.19. The lowest BCUT2D eigenvalue weighted by Gasteiger charge is -2.06. The van der Waals surface area contributed by atoms with E-state index in [1.165, 1.54) is 24.3 Å². The number of amides is 1. The van der Waals surface area contributed by atoms with Crippen molar-refractivity contribution in [3.63, 3.8) is 0 Å². The van der Waals surface area contributed by atoms with E-state index in [9.17, 15) is 13.2 Å². The van der Waals surface area contributed by atoms with Crippen LogP contribution in [0.4, 0.5) is 5.82 Å². The van der Waals surface area contributed by atoms with Gasteiger partial charge in [-0.3, -0.25) is 9.48 Å². The predicted octanol–water partition coefficient (Wildman–Crippen LogP) is 1.77.